The highest BCUT2D eigenvalue weighted by Gasteiger charge is 2.17. The molecule has 0 unspecified atom stereocenters. The minimum atomic E-state index is -3.49. The molecule has 108 valence electrons. The van der Waals surface area contributed by atoms with E-state index in [9.17, 15) is 8.42 Å². The van der Waals surface area contributed by atoms with Gasteiger partial charge in [0.25, 0.3) is 0 Å². The van der Waals surface area contributed by atoms with Crippen LogP contribution in [0.5, 0.6) is 5.75 Å². The average Bonchev–Trinajstić information content (AvgIpc) is 2.34. The van der Waals surface area contributed by atoms with Crippen molar-refractivity contribution in [3.8, 4) is 5.75 Å². The first-order valence-corrected chi connectivity index (χ1v) is 7.87. The predicted molar refractivity (Wildman–Crippen MR) is 75.6 cm³/mol. The van der Waals surface area contributed by atoms with Crippen molar-refractivity contribution in [1.82, 2.24) is 4.72 Å². The topological polar surface area (TPSA) is 81.4 Å². The van der Waals surface area contributed by atoms with Crippen LogP contribution in [0.2, 0.25) is 0 Å². The van der Waals surface area contributed by atoms with Crippen LogP contribution in [0, 0.1) is 0 Å². The number of sulfonamides is 1. The van der Waals surface area contributed by atoms with Crippen molar-refractivity contribution in [2.75, 3.05) is 6.61 Å². The molecule has 0 aliphatic rings. The van der Waals surface area contributed by atoms with Crippen LogP contribution < -0.4 is 15.2 Å². The summed E-state index contributed by atoms with van der Waals surface area (Å²) in [5, 5.41) is 0. The molecule has 0 amide bonds. The maximum atomic E-state index is 12.0. The second kappa shape index (κ2) is 6.88. The largest absolute Gasteiger partial charge is 0.493 e. The van der Waals surface area contributed by atoms with Crippen LogP contribution in [0.15, 0.2) is 23.1 Å². The Morgan fingerprint density at radius 3 is 2.58 bits per heavy atom. The fraction of sp³-hybridized carbons (Fsp3) is 0.538. The summed E-state index contributed by atoms with van der Waals surface area (Å²) in [6, 6.07) is 4.61. The summed E-state index contributed by atoms with van der Waals surface area (Å²) < 4.78 is 32.2. The number of benzene rings is 1. The lowest BCUT2D eigenvalue weighted by molar-refractivity contribution is 0.314. The quantitative estimate of drug-likeness (QED) is 0.798. The first-order chi connectivity index (χ1) is 8.90. The fourth-order valence-electron chi connectivity index (χ4n) is 1.61. The molecule has 1 aromatic carbocycles. The van der Waals surface area contributed by atoms with Crippen LogP contribution in [-0.4, -0.2) is 21.1 Å². The lowest BCUT2D eigenvalue weighted by atomic mass is 10.2. The van der Waals surface area contributed by atoms with Gasteiger partial charge >= 0.3 is 0 Å². The molecule has 0 saturated carbocycles. The molecule has 19 heavy (non-hydrogen) atoms. The van der Waals surface area contributed by atoms with E-state index in [1.54, 1.807) is 26.0 Å². The SMILES string of the molecule is CCCOc1ccc(S(=O)(=O)NC(C)C)cc1CN. The zero-order chi connectivity index (χ0) is 14.5. The number of rotatable bonds is 7. The highest BCUT2D eigenvalue weighted by Crippen LogP contribution is 2.22. The van der Waals surface area contributed by atoms with E-state index in [4.69, 9.17) is 10.5 Å². The van der Waals surface area contributed by atoms with Crippen LogP contribution in [0.4, 0.5) is 0 Å². The Hall–Kier alpha value is -1.11. The molecule has 0 fully saturated rings. The van der Waals surface area contributed by atoms with Gasteiger partial charge in [0.15, 0.2) is 0 Å². The molecule has 0 atom stereocenters. The molecule has 3 N–H and O–H groups in total. The highest BCUT2D eigenvalue weighted by atomic mass is 32.2. The third-order valence-electron chi connectivity index (χ3n) is 2.41. The first-order valence-electron chi connectivity index (χ1n) is 6.38. The predicted octanol–water partition coefficient (Wildman–Crippen LogP) is 1.62. The van der Waals surface area contributed by atoms with E-state index in [0.717, 1.165) is 6.42 Å². The third-order valence-corrected chi connectivity index (χ3v) is 4.07. The molecule has 1 rings (SSSR count). The summed E-state index contributed by atoms with van der Waals surface area (Å²) in [4.78, 5) is 0.213. The fourth-order valence-corrected chi connectivity index (χ4v) is 2.91. The molecule has 0 radical (unpaired) electrons. The van der Waals surface area contributed by atoms with E-state index in [1.165, 1.54) is 6.07 Å². The van der Waals surface area contributed by atoms with Gasteiger partial charge in [-0.15, -0.1) is 0 Å². The Balaban J connectivity index is 3.06. The van der Waals surface area contributed by atoms with Crippen molar-refractivity contribution >= 4 is 10.0 Å². The summed E-state index contributed by atoms with van der Waals surface area (Å²) in [5.74, 6) is 0.646. The lowest BCUT2D eigenvalue weighted by Gasteiger charge is -2.13. The van der Waals surface area contributed by atoms with E-state index in [2.05, 4.69) is 4.72 Å². The maximum absolute atomic E-state index is 12.0. The Morgan fingerprint density at radius 2 is 2.05 bits per heavy atom. The van der Waals surface area contributed by atoms with Crippen molar-refractivity contribution in [1.29, 1.82) is 0 Å². The lowest BCUT2D eigenvalue weighted by Crippen LogP contribution is -2.30. The van der Waals surface area contributed by atoms with Crippen LogP contribution >= 0.6 is 0 Å². The van der Waals surface area contributed by atoms with Gasteiger partial charge in [-0.05, 0) is 38.5 Å². The normalized spacial score (nSPS) is 11.8. The monoisotopic (exact) mass is 286 g/mol. The van der Waals surface area contributed by atoms with Gasteiger partial charge in [0.1, 0.15) is 5.75 Å². The van der Waals surface area contributed by atoms with Gasteiger partial charge in [-0.25, -0.2) is 13.1 Å². The van der Waals surface area contributed by atoms with E-state index in [-0.39, 0.29) is 17.5 Å². The Morgan fingerprint density at radius 1 is 1.37 bits per heavy atom. The minimum absolute atomic E-state index is 0.151. The van der Waals surface area contributed by atoms with E-state index >= 15 is 0 Å². The van der Waals surface area contributed by atoms with Crippen molar-refractivity contribution in [2.24, 2.45) is 5.73 Å². The summed E-state index contributed by atoms with van der Waals surface area (Å²) in [6.07, 6.45) is 0.888. The Kier molecular flexibility index (Phi) is 5.78. The molecule has 1 aromatic rings. The summed E-state index contributed by atoms with van der Waals surface area (Å²) in [6.45, 7) is 6.39. The summed E-state index contributed by atoms with van der Waals surface area (Å²) in [7, 11) is -3.49. The standard InChI is InChI=1S/C13H22N2O3S/c1-4-7-18-13-6-5-12(8-11(13)9-14)19(16,17)15-10(2)3/h5-6,8,10,15H,4,7,9,14H2,1-3H3. The van der Waals surface area contributed by atoms with Gasteiger partial charge < -0.3 is 10.5 Å². The Bertz CT molecular complexity index is 513. The van der Waals surface area contributed by atoms with Gasteiger partial charge in [0, 0.05) is 18.2 Å². The average molecular weight is 286 g/mol. The zero-order valence-corrected chi connectivity index (χ0v) is 12.5. The highest BCUT2D eigenvalue weighted by molar-refractivity contribution is 7.89. The zero-order valence-electron chi connectivity index (χ0n) is 11.6. The van der Waals surface area contributed by atoms with Crippen molar-refractivity contribution in [2.45, 2.75) is 44.7 Å². The minimum Gasteiger partial charge on any atom is -0.493 e. The van der Waals surface area contributed by atoms with Gasteiger partial charge in [-0.3, -0.25) is 0 Å². The van der Waals surface area contributed by atoms with Gasteiger partial charge in [-0.1, -0.05) is 6.92 Å². The molecule has 0 aliphatic carbocycles. The molecule has 0 saturated heterocycles. The van der Waals surface area contributed by atoms with Crippen LogP contribution in [0.3, 0.4) is 0 Å². The molecule has 6 heteroatoms. The molecule has 0 spiro atoms. The van der Waals surface area contributed by atoms with E-state index in [0.29, 0.717) is 17.9 Å². The third kappa shape index (κ3) is 4.49. The molecule has 0 heterocycles. The van der Waals surface area contributed by atoms with Crippen molar-refractivity contribution in [3.05, 3.63) is 23.8 Å². The molecule has 0 aromatic heterocycles. The number of hydrogen-bond donors (Lipinski definition) is 2. The number of hydrogen-bond acceptors (Lipinski definition) is 4. The summed E-state index contributed by atoms with van der Waals surface area (Å²) in [5.41, 5.74) is 6.34. The van der Waals surface area contributed by atoms with Crippen LogP contribution in [0.1, 0.15) is 32.8 Å². The smallest absolute Gasteiger partial charge is 0.240 e. The van der Waals surface area contributed by atoms with Crippen molar-refractivity contribution in [3.63, 3.8) is 0 Å². The number of nitrogens with two attached hydrogens (primary N) is 1. The molecular formula is C13H22N2O3S. The van der Waals surface area contributed by atoms with Crippen LogP contribution in [-0.2, 0) is 16.6 Å². The number of ether oxygens (including phenoxy) is 1. The Labute approximate surface area is 115 Å². The summed E-state index contributed by atoms with van der Waals surface area (Å²) >= 11 is 0. The maximum Gasteiger partial charge on any atom is 0.240 e. The molecule has 0 aliphatic heterocycles. The van der Waals surface area contributed by atoms with Gasteiger partial charge in [-0.2, -0.15) is 0 Å². The number of nitrogens with one attached hydrogen (secondary N) is 1. The van der Waals surface area contributed by atoms with Crippen molar-refractivity contribution < 1.29 is 13.2 Å². The van der Waals surface area contributed by atoms with Gasteiger partial charge in [0.2, 0.25) is 10.0 Å². The molecular weight excluding hydrogens is 264 g/mol. The van der Waals surface area contributed by atoms with E-state index in [1.807, 2.05) is 6.92 Å². The first kappa shape index (κ1) is 15.9. The van der Waals surface area contributed by atoms with E-state index < -0.39 is 10.0 Å². The second-order valence-corrected chi connectivity index (χ2v) is 6.31. The molecule has 5 nitrogen and oxygen atoms in total. The van der Waals surface area contributed by atoms with Crippen LogP contribution in [0.25, 0.3) is 0 Å². The van der Waals surface area contributed by atoms with Gasteiger partial charge in [0.05, 0.1) is 11.5 Å². The molecule has 0 bridgehead atoms. The second-order valence-electron chi connectivity index (χ2n) is 4.60.